The predicted molar refractivity (Wildman–Crippen MR) is 120 cm³/mol. The van der Waals surface area contributed by atoms with Crippen LogP contribution < -0.4 is 4.74 Å². The first kappa shape index (κ1) is 19.7. The average molecular weight is 415 g/mol. The fourth-order valence-electron chi connectivity index (χ4n) is 3.43. The highest BCUT2D eigenvalue weighted by Crippen LogP contribution is 2.37. The summed E-state index contributed by atoms with van der Waals surface area (Å²) in [6, 6.07) is 30.2. The third kappa shape index (κ3) is 4.22. The standard InChI is InChI=1S/C26H19ClO3/c27-20-15-13-19(14-16-20)21-9-4-5-10-22(21)23-11-6-12-24(25(23)26(28)29)30-17-18-7-2-1-3-8-18/h1-16H,17H2,(H,28,29). The van der Waals surface area contributed by atoms with Crippen LogP contribution >= 0.6 is 11.6 Å². The molecule has 0 spiro atoms. The minimum Gasteiger partial charge on any atom is -0.488 e. The lowest BCUT2D eigenvalue weighted by atomic mass is 9.91. The molecule has 148 valence electrons. The SMILES string of the molecule is O=C(O)c1c(OCc2ccccc2)cccc1-c1ccccc1-c1ccc(Cl)cc1. The Bertz CT molecular complexity index is 1170. The number of carboxylic acids is 1. The third-order valence-corrected chi connectivity index (χ3v) is 5.10. The van der Waals surface area contributed by atoms with E-state index in [1.807, 2.05) is 91.0 Å². The molecule has 0 amide bonds. The molecule has 0 unspecified atom stereocenters. The van der Waals surface area contributed by atoms with Crippen LogP contribution in [0.4, 0.5) is 0 Å². The van der Waals surface area contributed by atoms with Gasteiger partial charge in [-0.1, -0.05) is 90.5 Å². The summed E-state index contributed by atoms with van der Waals surface area (Å²) < 4.78 is 5.91. The topological polar surface area (TPSA) is 46.5 Å². The quantitative estimate of drug-likeness (QED) is 0.371. The van der Waals surface area contributed by atoms with Crippen LogP contribution in [0.25, 0.3) is 22.3 Å². The normalized spacial score (nSPS) is 10.6. The number of rotatable bonds is 6. The smallest absolute Gasteiger partial charge is 0.340 e. The summed E-state index contributed by atoms with van der Waals surface area (Å²) in [6.07, 6.45) is 0. The first-order valence-electron chi connectivity index (χ1n) is 9.52. The molecule has 0 aliphatic carbocycles. The van der Waals surface area contributed by atoms with Crippen LogP contribution in [-0.2, 0) is 6.61 Å². The van der Waals surface area contributed by atoms with E-state index in [1.54, 1.807) is 6.07 Å². The van der Waals surface area contributed by atoms with Crippen LogP contribution in [0, 0.1) is 0 Å². The van der Waals surface area contributed by atoms with Gasteiger partial charge < -0.3 is 9.84 Å². The fourth-order valence-corrected chi connectivity index (χ4v) is 3.56. The lowest BCUT2D eigenvalue weighted by Gasteiger charge is -2.16. The first-order chi connectivity index (χ1) is 14.6. The van der Waals surface area contributed by atoms with Gasteiger partial charge in [0.1, 0.15) is 17.9 Å². The minimum atomic E-state index is -1.03. The largest absolute Gasteiger partial charge is 0.488 e. The van der Waals surface area contributed by atoms with Gasteiger partial charge in [-0.25, -0.2) is 4.79 Å². The molecular formula is C26H19ClO3. The zero-order valence-electron chi connectivity index (χ0n) is 16.1. The van der Waals surface area contributed by atoms with Crippen molar-refractivity contribution in [1.29, 1.82) is 0 Å². The number of hydrogen-bond acceptors (Lipinski definition) is 2. The summed E-state index contributed by atoms with van der Waals surface area (Å²) in [5.74, 6) is -0.686. The van der Waals surface area contributed by atoms with E-state index in [1.165, 1.54) is 0 Å². The fraction of sp³-hybridized carbons (Fsp3) is 0.0385. The van der Waals surface area contributed by atoms with Gasteiger partial charge in [0.2, 0.25) is 0 Å². The number of ether oxygens (including phenoxy) is 1. The Hall–Kier alpha value is -3.56. The summed E-state index contributed by atoms with van der Waals surface area (Å²) in [5.41, 5.74) is 4.44. The molecule has 1 N–H and O–H groups in total. The van der Waals surface area contributed by atoms with Gasteiger partial charge in [0, 0.05) is 10.6 Å². The van der Waals surface area contributed by atoms with Crippen molar-refractivity contribution < 1.29 is 14.6 Å². The molecule has 0 aromatic heterocycles. The van der Waals surface area contributed by atoms with Crippen LogP contribution in [0.2, 0.25) is 5.02 Å². The molecule has 0 fully saturated rings. The van der Waals surface area contributed by atoms with E-state index in [2.05, 4.69) is 0 Å². The Morgan fingerprint density at radius 1 is 0.733 bits per heavy atom. The second-order valence-electron chi connectivity index (χ2n) is 6.81. The zero-order valence-corrected chi connectivity index (χ0v) is 16.8. The summed E-state index contributed by atoms with van der Waals surface area (Å²) in [5, 5.41) is 10.7. The second-order valence-corrected chi connectivity index (χ2v) is 7.25. The Labute approximate surface area is 180 Å². The number of halogens is 1. The van der Waals surface area contributed by atoms with Gasteiger partial charge in [-0.05, 0) is 40.5 Å². The molecule has 0 aliphatic rings. The first-order valence-corrected chi connectivity index (χ1v) is 9.89. The number of benzene rings is 4. The summed E-state index contributed by atoms with van der Waals surface area (Å²) in [6.45, 7) is 0.295. The van der Waals surface area contributed by atoms with Crippen LogP contribution in [0.3, 0.4) is 0 Å². The molecular weight excluding hydrogens is 396 g/mol. The van der Waals surface area contributed by atoms with Crippen molar-refractivity contribution in [3.05, 3.63) is 113 Å². The number of carbonyl (C=O) groups is 1. The van der Waals surface area contributed by atoms with Crippen molar-refractivity contribution in [2.24, 2.45) is 0 Å². The van der Waals surface area contributed by atoms with Gasteiger partial charge in [0.15, 0.2) is 0 Å². The molecule has 0 aliphatic heterocycles. The number of aromatic carboxylic acids is 1. The summed E-state index contributed by atoms with van der Waals surface area (Å²) in [4.78, 5) is 12.2. The van der Waals surface area contributed by atoms with Crippen LogP contribution in [0.1, 0.15) is 15.9 Å². The monoisotopic (exact) mass is 414 g/mol. The van der Waals surface area contributed by atoms with Crippen molar-refractivity contribution in [2.75, 3.05) is 0 Å². The maximum Gasteiger partial charge on any atom is 0.340 e. The van der Waals surface area contributed by atoms with E-state index in [-0.39, 0.29) is 5.56 Å². The van der Waals surface area contributed by atoms with Gasteiger partial charge in [0.25, 0.3) is 0 Å². The zero-order chi connectivity index (χ0) is 20.9. The van der Waals surface area contributed by atoms with Gasteiger partial charge >= 0.3 is 5.97 Å². The van der Waals surface area contributed by atoms with E-state index >= 15 is 0 Å². The van der Waals surface area contributed by atoms with E-state index in [0.29, 0.717) is 22.9 Å². The van der Waals surface area contributed by atoms with Gasteiger partial charge in [0.05, 0.1) is 0 Å². The Balaban J connectivity index is 1.78. The molecule has 0 saturated carbocycles. The predicted octanol–water partition coefficient (Wildman–Crippen LogP) is 6.95. The molecule has 4 heteroatoms. The second kappa shape index (κ2) is 8.85. The Kier molecular flexibility index (Phi) is 5.82. The van der Waals surface area contributed by atoms with E-state index in [0.717, 1.165) is 22.3 Å². The summed E-state index contributed by atoms with van der Waals surface area (Å²) in [7, 11) is 0. The molecule has 0 heterocycles. The maximum absolute atomic E-state index is 12.2. The Morgan fingerprint density at radius 2 is 1.37 bits per heavy atom. The summed E-state index contributed by atoms with van der Waals surface area (Å²) >= 11 is 6.03. The van der Waals surface area contributed by atoms with E-state index in [4.69, 9.17) is 16.3 Å². The lowest BCUT2D eigenvalue weighted by molar-refractivity contribution is 0.0692. The highest BCUT2D eigenvalue weighted by molar-refractivity contribution is 6.30. The van der Waals surface area contributed by atoms with Gasteiger partial charge in [-0.3, -0.25) is 0 Å². The van der Waals surface area contributed by atoms with Crippen molar-refractivity contribution in [3.63, 3.8) is 0 Å². The molecule has 4 aromatic carbocycles. The van der Waals surface area contributed by atoms with Crippen LogP contribution in [0.15, 0.2) is 97.1 Å². The molecule has 0 bridgehead atoms. The molecule has 4 aromatic rings. The van der Waals surface area contributed by atoms with Crippen molar-refractivity contribution in [2.45, 2.75) is 6.61 Å². The molecule has 0 saturated heterocycles. The maximum atomic E-state index is 12.2. The third-order valence-electron chi connectivity index (χ3n) is 4.85. The molecule has 3 nitrogen and oxygen atoms in total. The Morgan fingerprint density at radius 3 is 2.07 bits per heavy atom. The molecule has 30 heavy (non-hydrogen) atoms. The van der Waals surface area contributed by atoms with Crippen molar-refractivity contribution in [1.82, 2.24) is 0 Å². The highest BCUT2D eigenvalue weighted by Gasteiger charge is 2.20. The van der Waals surface area contributed by atoms with E-state index in [9.17, 15) is 9.90 Å². The van der Waals surface area contributed by atoms with Crippen molar-refractivity contribution >= 4 is 17.6 Å². The lowest BCUT2D eigenvalue weighted by Crippen LogP contribution is -2.06. The van der Waals surface area contributed by atoms with Crippen LogP contribution in [0.5, 0.6) is 5.75 Å². The molecule has 4 rings (SSSR count). The number of carboxylic acid groups (broad SMARTS) is 1. The van der Waals surface area contributed by atoms with Crippen molar-refractivity contribution in [3.8, 4) is 28.0 Å². The molecule has 0 atom stereocenters. The number of hydrogen-bond donors (Lipinski definition) is 1. The highest BCUT2D eigenvalue weighted by atomic mass is 35.5. The van der Waals surface area contributed by atoms with E-state index < -0.39 is 5.97 Å². The van der Waals surface area contributed by atoms with Crippen LogP contribution in [-0.4, -0.2) is 11.1 Å². The van der Waals surface area contributed by atoms with Gasteiger partial charge in [-0.2, -0.15) is 0 Å². The average Bonchev–Trinajstić information content (AvgIpc) is 2.78. The van der Waals surface area contributed by atoms with Gasteiger partial charge in [-0.15, -0.1) is 0 Å². The molecule has 0 radical (unpaired) electrons. The minimum absolute atomic E-state index is 0.148.